The number of carboxylic acids is 1. The first-order valence-corrected chi connectivity index (χ1v) is 4.27. The van der Waals surface area contributed by atoms with Crippen LogP contribution in [0.4, 0.5) is 5.69 Å². The molecular formula is C10H8N2O4. The zero-order valence-electron chi connectivity index (χ0n) is 8.16. The van der Waals surface area contributed by atoms with Crippen LogP contribution in [0.1, 0.15) is 5.56 Å². The Morgan fingerprint density at radius 3 is 3.06 bits per heavy atom. The highest BCUT2D eigenvalue weighted by molar-refractivity contribution is 5.80. The number of carbonyl (C=O) groups is 1. The molecule has 0 unspecified atom stereocenters. The molecule has 0 aliphatic heterocycles. The molecular weight excluding hydrogens is 212 g/mol. The van der Waals surface area contributed by atoms with Crippen LogP contribution in [0.25, 0.3) is 0 Å². The second-order valence-electron chi connectivity index (χ2n) is 2.70. The number of aliphatic imine (C=N–C) groups is 1. The first-order chi connectivity index (χ1) is 7.72. The number of isocyanates is 1. The largest absolute Gasteiger partial charge is 0.479 e. The van der Waals surface area contributed by atoms with E-state index in [1.807, 2.05) is 0 Å². The summed E-state index contributed by atoms with van der Waals surface area (Å²) in [4.78, 5) is 28.0. The molecule has 6 heteroatoms. The van der Waals surface area contributed by atoms with Gasteiger partial charge in [-0.25, -0.2) is 9.59 Å². The molecule has 0 aliphatic rings. The molecule has 0 saturated carbocycles. The van der Waals surface area contributed by atoms with Crippen molar-refractivity contribution in [1.29, 1.82) is 0 Å². The summed E-state index contributed by atoms with van der Waals surface area (Å²) in [5.41, 5.74) is 1.08. The summed E-state index contributed by atoms with van der Waals surface area (Å²) in [6.07, 6.45) is 2.74. The Balaban J connectivity index is 2.62. The third-order valence-electron chi connectivity index (χ3n) is 1.51. The molecule has 0 aliphatic carbocycles. The van der Waals surface area contributed by atoms with Gasteiger partial charge in [-0.1, -0.05) is 17.3 Å². The summed E-state index contributed by atoms with van der Waals surface area (Å²) in [6.45, 7) is -0.497. The predicted molar refractivity (Wildman–Crippen MR) is 55.4 cm³/mol. The SMILES string of the molecule is O=C=Nc1cccc(/C=N/OCC(=O)O)c1. The zero-order chi connectivity index (χ0) is 11.8. The van der Waals surface area contributed by atoms with Crippen LogP contribution in [0.15, 0.2) is 34.4 Å². The summed E-state index contributed by atoms with van der Waals surface area (Å²) in [7, 11) is 0. The van der Waals surface area contributed by atoms with Crippen LogP contribution in [0, 0.1) is 0 Å². The van der Waals surface area contributed by atoms with E-state index in [1.165, 1.54) is 12.3 Å². The van der Waals surface area contributed by atoms with Gasteiger partial charge in [0.1, 0.15) is 0 Å². The van der Waals surface area contributed by atoms with Crippen LogP contribution in [-0.2, 0) is 14.4 Å². The van der Waals surface area contributed by atoms with E-state index in [4.69, 9.17) is 5.11 Å². The monoisotopic (exact) mass is 220 g/mol. The number of carboxylic acid groups (broad SMARTS) is 1. The fourth-order valence-electron chi connectivity index (χ4n) is 0.918. The minimum Gasteiger partial charge on any atom is -0.479 e. The molecule has 0 spiro atoms. The van der Waals surface area contributed by atoms with E-state index >= 15 is 0 Å². The van der Waals surface area contributed by atoms with Gasteiger partial charge >= 0.3 is 5.97 Å². The number of benzene rings is 1. The van der Waals surface area contributed by atoms with E-state index in [0.29, 0.717) is 11.3 Å². The summed E-state index contributed by atoms with van der Waals surface area (Å²) in [5.74, 6) is -1.10. The second-order valence-corrected chi connectivity index (χ2v) is 2.70. The molecule has 1 rings (SSSR count). The third-order valence-corrected chi connectivity index (χ3v) is 1.51. The summed E-state index contributed by atoms with van der Waals surface area (Å²) in [6, 6.07) is 6.59. The zero-order valence-corrected chi connectivity index (χ0v) is 8.16. The molecule has 0 radical (unpaired) electrons. The van der Waals surface area contributed by atoms with Crippen molar-refractivity contribution in [3.8, 4) is 0 Å². The molecule has 16 heavy (non-hydrogen) atoms. The standard InChI is InChI=1S/C10H8N2O4/c13-7-11-9-3-1-2-8(4-9)5-12-16-6-10(14)15/h1-5H,6H2,(H,14,15)/b12-5+. The summed E-state index contributed by atoms with van der Waals surface area (Å²) >= 11 is 0. The molecule has 0 fully saturated rings. The van der Waals surface area contributed by atoms with Crippen molar-refractivity contribution in [3.05, 3.63) is 29.8 Å². The number of aliphatic carboxylic acids is 1. The van der Waals surface area contributed by atoms with Crippen molar-refractivity contribution in [3.63, 3.8) is 0 Å². The summed E-state index contributed by atoms with van der Waals surface area (Å²) < 4.78 is 0. The van der Waals surface area contributed by atoms with Gasteiger partial charge in [-0.3, -0.25) is 0 Å². The second kappa shape index (κ2) is 6.10. The van der Waals surface area contributed by atoms with Crippen molar-refractivity contribution in [2.75, 3.05) is 6.61 Å². The highest BCUT2D eigenvalue weighted by atomic mass is 16.6. The third kappa shape index (κ3) is 4.17. The van der Waals surface area contributed by atoms with E-state index in [1.54, 1.807) is 24.3 Å². The van der Waals surface area contributed by atoms with Crippen molar-refractivity contribution >= 4 is 24.0 Å². The van der Waals surface area contributed by atoms with Gasteiger partial charge in [0, 0.05) is 0 Å². The number of nitrogens with zero attached hydrogens (tertiary/aromatic N) is 2. The van der Waals surface area contributed by atoms with Crippen molar-refractivity contribution in [2.45, 2.75) is 0 Å². The van der Waals surface area contributed by atoms with E-state index < -0.39 is 12.6 Å². The predicted octanol–water partition coefficient (Wildman–Crippen LogP) is 1.09. The molecule has 0 heterocycles. The number of carbonyl (C=O) groups excluding carboxylic acids is 1. The normalized spacial score (nSPS) is 9.75. The highest BCUT2D eigenvalue weighted by Crippen LogP contribution is 2.11. The van der Waals surface area contributed by atoms with Gasteiger partial charge in [-0.2, -0.15) is 4.99 Å². The van der Waals surface area contributed by atoms with Crippen LogP contribution in [-0.4, -0.2) is 30.0 Å². The maximum Gasteiger partial charge on any atom is 0.344 e. The average molecular weight is 220 g/mol. The maximum absolute atomic E-state index is 10.1. The molecule has 82 valence electrons. The molecule has 0 amide bonds. The molecule has 1 aromatic carbocycles. The van der Waals surface area contributed by atoms with Crippen LogP contribution < -0.4 is 0 Å². The molecule has 0 saturated heterocycles. The van der Waals surface area contributed by atoms with Gasteiger partial charge in [0.05, 0.1) is 11.9 Å². The Hall–Kier alpha value is -2.46. The highest BCUT2D eigenvalue weighted by Gasteiger charge is 1.94. The molecule has 6 nitrogen and oxygen atoms in total. The molecule has 0 atom stereocenters. The van der Waals surface area contributed by atoms with Gasteiger partial charge in [-0.15, -0.1) is 0 Å². The molecule has 0 aromatic heterocycles. The van der Waals surface area contributed by atoms with E-state index in [-0.39, 0.29) is 0 Å². The lowest BCUT2D eigenvalue weighted by Crippen LogP contribution is -2.03. The number of oxime groups is 1. The van der Waals surface area contributed by atoms with Crippen LogP contribution in [0.5, 0.6) is 0 Å². The van der Waals surface area contributed by atoms with E-state index in [0.717, 1.165) is 0 Å². The van der Waals surface area contributed by atoms with Crippen LogP contribution in [0.3, 0.4) is 0 Å². The average Bonchev–Trinajstić information content (AvgIpc) is 2.25. The Labute approximate surface area is 90.9 Å². The fourth-order valence-corrected chi connectivity index (χ4v) is 0.918. The smallest absolute Gasteiger partial charge is 0.344 e. The lowest BCUT2D eigenvalue weighted by Gasteiger charge is -1.95. The fraction of sp³-hybridized carbons (Fsp3) is 0.100. The lowest BCUT2D eigenvalue weighted by atomic mass is 10.2. The van der Waals surface area contributed by atoms with Gasteiger partial charge in [0.25, 0.3) is 0 Å². The topological polar surface area (TPSA) is 88.3 Å². The van der Waals surface area contributed by atoms with Crippen molar-refractivity contribution in [1.82, 2.24) is 0 Å². The Bertz CT molecular complexity index is 450. The van der Waals surface area contributed by atoms with Gasteiger partial charge in [0.15, 0.2) is 0 Å². The minimum atomic E-state index is -1.10. The molecule has 1 N–H and O–H groups in total. The molecule has 1 aromatic rings. The number of rotatable bonds is 5. The Morgan fingerprint density at radius 1 is 1.56 bits per heavy atom. The summed E-state index contributed by atoms with van der Waals surface area (Å²) in [5, 5.41) is 11.7. The van der Waals surface area contributed by atoms with Gasteiger partial charge in [0.2, 0.25) is 12.7 Å². The van der Waals surface area contributed by atoms with Crippen molar-refractivity contribution < 1.29 is 19.5 Å². The number of hydrogen-bond donors (Lipinski definition) is 1. The van der Waals surface area contributed by atoms with E-state index in [2.05, 4.69) is 15.0 Å². The van der Waals surface area contributed by atoms with Gasteiger partial charge < -0.3 is 9.94 Å². The Kier molecular flexibility index (Phi) is 4.43. The Morgan fingerprint density at radius 2 is 2.38 bits per heavy atom. The van der Waals surface area contributed by atoms with Gasteiger partial charge in [-0.05, 0) is 17.7 Å². The minimum absolute atomic E-state index is 0.442. The number of hydrogen-bond acceptors (Lipinski definition) is 5. The van der Waals surface area contributed by atoms with Crippen LogP contribution >= 0.6 is 0 Å². The quantitative estimate of drug-likeness (QED) is 0.457. The van der Waals surface area contributed by atoms with Crippen molar-refractivity contribution in [2.24, 2.45) is 10.1 Å². The van der Waals surface area contributed by atoms with Crippen LogP contribution in [0.2, 0.25) is 0 Å². The van der Waals surface area contributed by atoms with E-state index in [9.17, 15) is 9.59 Å². The first-order valence-electron chi connectivity index (χ1n) is 4.27. The molecule has 0 bridgehead atoms. The maximum atomic E-state index is 10.1. The first kappa shape index (κ1) is 11.6. The lowest BCUT2D eigenvalue weighted by molar-refractivity contribution is -0.142.